The van der Waals surface area contributed by atoms with E-state index in [-0.39, 0.29) is 17.8 Å². The summed E-state index contributed by atoms with van der Waals surface area (Å²) >= 11 is 1.41. The Morgan fingerprint density at radius 2 is 1.80 bits per heavy atom. The van der Waals surface area contributed by atoms with Gasteiger partial charge in [-0.2, -0.15) is 0 Å². The lowest BCUT2D eigenvalue weighted by atomic mass is 10.2. The summed E-state index contributed by atoms with van der Waals surface area (Å²) in [5.74, 6) is 2.52. The minimum Gasteiger partial charge on any atom is -0.486 e. The van der Waals surface area contributed by atoms with Crippen LogP contribution in [0.15, 0.2) is 59.8 Å². The van der Waals surface area contributed by atoms with Gasteiger partial charge >= 0.3 is 0 Å². The number of ether oxygens (including phenoxy) is 3. The normalized spacial score (nSPS) is 17.3. The van der Waals surface area contributed by atoms with Gasteiger partial charge in [0.1, 0.15) is 6.61 Å². The molecule has 0 N–H and O–H groups in total. The first-order valence-electron chi connectivity index (χ1n) is 11.7. The topological polar surface area (TPSA) is 82.0 Å². The summed E-state index contributed by atoms with van der Waals surface area (Å²) < 4.78 is 19.4. The zero-order valence-electron chi connectivity index (χ0n) is 19.7. The predicted octanol–water partition coefficient (Wildman–Crippen LogP) is 2.55. The molecule has 10 heteroatoms. The molecule has 184 valence electrons. The molecule has 2 aromatic carbocycles. The number of anilines is 1. The predicted molar refractivity (Wildman–Crippen MR) is 133 cm³/mol. The van der Waals surface area contributed by atoms with E-state index in [0.29, 0.717) is 38.7 Å². The van der Waals surface area contributed by atoms with Crippen molar-refractivity contribution in [3.05, 3.63) is 60.2 Å². The summed E-state index contributed by atoms with van der Waals surface area (Å²) in [6.07, 6.45) is -0.210. The Morgan fingerprint density at radius 1 is 1.06 bits per heavy atom. The lowest BCUT2D eigenvalue weighted by Gasteiger charge is -2.29. The SMILES string of the molecule is CN(C[C@@H]1COc2ccccc2O1)C(=O)CSc1nnc(N2CCOCC2)n1Cc1ccccc1. The largest absolute Gasteiger partial charge is 0.486 e. The lowest BCUT2D eigenvalue weighted by Crippen LogP contribution is -2.42. The van der Waals surface area contributed by atoms with Gasteiger partial charge in [0.15, 0.2) is 22.8 Å². The average Bonchev–Trinajstić information content (AvgIpc) is 3.30. The zero-order valence-corrected chi connectivity index (χ0v) is 20.5. The molecular formula is C25H29N5O4S. The molecule has 1 amide bonds. The highest BCUT2D eigenvalue weighted by atomic mass is 32.2. The van der Waals surface area contributed by atoms with E-state index in [1.165, 1.54) is 11.8 Å². The van der Waals surface area contributed by atoms with Gasteiger partial charge in [-0.25, -0.2) is 0 Å². The molecule has 35 heavy (non-hydrogen) atoms. The van der Waals surface area contributed by atoms with Crippen molar-refractivity contribution in [1.82, 2.24) is 19.7 Å². The minimum atomic E-state index is -0.210. The molecule has 1 aromatic heterocycles. The molecule has 3 aromatic rings. The quantitative estimate of drug-likeness (QED) is 0.441. The van der Waals surface area contributed by atoms with Crippen molar-refractivity contribution >= 4 is 23.6 Å². The lowest BCUT2D eigenvalue weighted by molar-refractivity contribution is -0.128. The Hall–Kier alpha value is -3.24. The number of rotatable bonds is 8. The monoisotopic (exact) mass is 495 g/mol. The van der Waals surface area contributed by atoms with Crippen LogP contribution in [0.25, 0.3) is 0 Å². The van der Waals surface area contributed by atoms with Crippen LogP contribution in [0.1, 0.15) is 5.56 Å². The molecule has 9 nitrogen and oxygen atoms in total. The Balaban J connectivity index is 1.23. The van der Waals surface area contributed by atoms with E-state index >= 15 is 0 Å². The number of para-hydroxylation sites is 2. The molecule has 2 aliphatic heterocycles. The first-order valence-corrected chi connectivity index (χ1v) is 12.7. The van der Waals surface area contributed by atoms with Gasteiger partial charge < -0.3 is 24.0 Å². The van der Waals surface area contributed by atoms with Gasteiger partial charge in [0.25, 0.3) is 0 Å². The number of aromatic nitrogens is 3. The van der Waals surface area contributed by atoms with Gasteiger partial charge in [-0.1, -0.05) is 54.2 Å². The summed E-state index contributed by atoms with van der Waals surface area (Å²) in [5, 5.41) is 9.64. The van der Waals surface area contributed by atoms with Crippen molar-refractivity contribution in [3.63, 3.8) is 0 Å². The molecule has 3 heterocycles. The van der Waals surface area contributed by atoms with Crippen molar-refractivity contribution in [2.24, 2.45) is 0 Å². The summed E-state index contributed by atoms with van der Waals surface area (Å²) in [6.45, 7) is 4.37. The van der Waals surface area contributed by atoms with Gasteiger partial charge in [0, 0.05) is 20.1 Å². The highest BCUT2D eigenvalue weighted by Crippen LogP contribution is 2.31. The van der Waals surface area contributed by atoms with Crippen molar-refractivity contribution in [3.8, 4) is 11.5 Å². The smallest absolute Gasteiger partial charge is 0.232 e. The summed E-state index contributed by atoms with van der Waals surface area (Å²) in [5.41, 5.74) is 1.15. The molecule has 0 bridgehead atoms. The molecule has 0 saturated carbocycles. The molecule has 0 radical (unpaired) electrons. The molecule has 1 atom stereocenters. The minimum absolute atomic E-state index is 0.000331. The number of amides is 1. The van der Waals surface area contributed by atoms with Crippen LogP contribution < -0.4 is 14.4 Å². The summed E-state index contributed by atoms with van der Waals surface area (Å²) in [7, 11) is 1.79. The number of hydrogen-bond acceptors (Lipinski definition) is 8. The maximum Gasteiger partial charge on any atom is 0.232 e. The highest BCUT2D eigenvalue weighted by Gasteiger charge is 2.25. The van der Waals surface area contributed by atoms with Crippen LogP contribution in [-0.2, 0) is 16.1 Å². The van der Waals surface area contributed by atoms with Crippen LogP contribution in [-0.4, -0.2) is 83.9 Å². The number of carbonyl (C=O) groups excluding carboxylic acids is 1. The Kier molecular flexibility index (Phi) is 7.39. The number of thioether (sulfide) groups is 1. The van der Waals surface area contributed by atoms with E-state index in [9.17, 15) is 4.79 Å². The van der Waals surface area contributed by atoms with Crippen LogP contribution in [0.3, 0.4) is 0 Å². The second kappa shape index (κ2) is 11.0. The van der Waals surface area contributed by atoms with Crippen molar-refractivity contribution in [2.75, 3.05) is 57.2 Å². The number of hydrogen-bond donors (Lipinski definition) is 0. The van der Waals surface area contributed by atoms with E-state index in [0.717, 1.165) is 35.5 Å². The molecule has 1 fully saturated rings. The number of nitrogens with zero attached hydrogens (tertiary/aromatic N) is 5. The second-order valence-corrected chi connectivity index (χ2v) is 9.46. The standard InChI is InChI=1S/C25H29N5O4S/c1-28(16-20-17-33-21-9-5-6-10-22(21)34-20)23(31)18-35-25-27-26-24(29-11-13-32-14-12-29)30(25)15-19-7-3-2-4-8-19/h2-10,20H,11-18H2,1H3/t20-/m1/s1. The van der Waals surface area contributed by atoms with E-state index in [1.807, 2.05) is 42.5 Å². The molecule has 2 aliphatic rings. The van der Waals surface area contributed by atoms with E-state index < -0.39 is 0 Å². The number of morpholine rings is 1. The number of likely N-dealkylation sites (N-methyl/N-ethyl adjacent to an activating group) is 1. The Morgan fingerprint density at radius 3 is 2.60 bits per heavy atom. The third-order valence-corrected chi connectivity index (χ3v) is 6.92. The van der Waals surface area contributed by atoms with Gasteiger partial charge in [-0.3, -0.25) is 9.36 Å². The van der Waals surface area contributed by atoms with Crippen LogP contribution in [0.5, 0.6) is 11.5 Å². The number of fused-ring (bicyclic) bond motifs is 1. The number of benzene rings is 2. The fourth-order valence-electron chi connectivity index (χ4n) is 4.09. The van der Waals surface area contributed by atoms with Crippen LogP contribution in [0.2, 0.25) is 0 Å². The van der Waals surface area contributed by atoms with E-state index in [1.54, 1.807) is 11.9 Å². The van der Waals surface area contributed by atoms with Crippen molar-refractivity contribution in [1.29, 1.82) is 0 Å². The maximum absolute atomic E-state index is 12.9. The third kappa shape index (κ3) is 5.71. The Labute approximate surface area is 209 Å². The van der Waals surface area contributed by atoms with Crippen molar-refractivity contribution < 1.29 is 19.0 Å². The maximum atomic E-state index is 12.9. The van der Waals surface area contributed by atoms with Crippen LogP contribution in [0, 0.1) is 0 Å². The van der Waals surface area contributed by atoms with Gasteiger partial charge in [-0.15, -0.1) is 10.2 Å². The van der Waals surface area contributed by atoms with Crippen LogP contribution >= 0.6 is 11.8 Å². The highest BCUT2D eigenvalue weighted by molar-refractivity contribution is 7.99. The first kappa shape index (κ1) is 23.5. The van der Waals surface area contributed by atoms with Gasteiger partial charge in [-0.05, 0) is 17.7 Å². The molecule has 5 rings (SSSR count). The molecule has 1 saturated heterocycles. The second-order valence-electron chi connectivity index (χ2n) is 8.51. The fraction of sp³-hybridized carbons (Fsp3) is 0.400. The molecular weight excluding hydrogens is 466 g/mol. The van der Waals surface area contributed by atoms with Gasteiger partial charge in [0.2, 0.25) is 11.9 Å². The molecule has 0 unspecified atom stereocenters. The Bertz CT molecular complexity index is 1140. The fourth-order valence-corrected chi connectivity index (χ4v) is 4.96. The average molecular weight is 496 g/mol. The van der Waals surface area contributed by atoms with Crippen LogP contribution in [0.4, 0.5) is 5.95 Å². The third-order valence-electron chi connectivity index (χ3n) is 5.97. The van der Waals surface area contributed by atoms with Crippen molar-refractivity contribution in [2.45, 2.75) is 17.8 Å². The van der Waals surface area contributed by atoms with Gasteiger partial charge in [0.05, 0.1) is 32.1 Å². The first-order chi connectivity index (χ1) is 17.2. The summed E-state index contributed by atoms with van der Waals surface area (Å²) in [4.78, 5) is 16.8. The zero-order chi connectivity index (χ0) is 24.0. The van der Waals surface area contributed by atoms with E-state index in [4.69, 9.17) is 14.2 Å². The molecule has 0 spiro atoms. The molecule has 0 aliphatic carbocycles. The summed E-state index contributed by atoms with van der Waals surface area (Å²) in [6, 6.07) is 17.8. The number of carbonyl (C=O) groups is 1. The van der Waals surface area contributed by atoms with E-state index in [2.05, 4.69) is 31.8 Å².